The summed E-state index contributed by atoms with van der Waals surface area (Å²) in [5.41, 5.74) is 6.33. The number of carbonyl (C=O) groups is 1. The summed E-state index contributed by atoms with van der Waals surface area (Å²) in [6.07, 6.45) is 0. The van der Waals surface area contributed by atoms with E-state index in [9.17, 15) is 4.79 Å². The molecule has 2 N–H and O–H groups in total. The Morgan fingerprint density at radius 3 is 2.78 bits per heavy atom. The summed E-state index contributed by atoms with van der Waals surface area (Å²) in [5, 5.41) is 2.45. The Morgan fingerprint density at radius 1 is 1.56 bits per heavy atom. The zero-order valence-electron chi connectivity index (χ0n) is 10.5. The van der Waals surface area contributed by atoms with Gasteiger partial charge in [0.2, 0.25) is 0 Å². The van der Waals surface area contributed by atoms with E-state index in [-0.39, 0.29) is 11.9 Å². The molecule has 96 valence electrons. The van der Waals surface area contributed by atoms with Crippen molar-refractivity contribution in [3.8, 4) is 0 Å². The van der Waals surface area contributed by atoms with Gasteiger partial charge in [-0.3, -0.25) is 4.79 Å². The van der Waals surface area contributed by atoms with Crippen molar-refractivity contribution in [2.24, 2.45) is 0 Å². The Balaban J connectivity index is 2.21. The average Bonchev–Trinajstić information content (AvgIpc) is 2.96. The van der Waals surface area contributed by atoms with Crippen LogP contribution in [0.15, 0.2) is 17.5 Å². The minimum atomic E-state index is -0.0254. The van der Waals surface area contributed by atoms with Crippen LogP contribution in [-0.2, 0) is 0 Å². The number of hydrogen-bond donors (Lipinski definition) is 1. The van der Waals surface area contributed by atoms with Gasteiger partial charge in [0.1, 0.15) is 4.88 Å². The van der Waals surface area contributed by atoms with Crippen LogP contribution in [0.4, 0.5) is 5.13 Å². The van der Waals surface area contributed by atoms with Gasteiger partial charge in [-0.25, -0.2) is 4.98 Å². The summed E-state index contributed by atoms with van der Waals surface area (Å²) < 4.78 is 0. The molecule has 2 rings (SSSR count). The van der Waals surface area contributed by atoms with Crippen molar-refractivity contribution in [3.05, 3.63) is 33.0 Å². The molecule has 2 aromatic rings. The lowest BCUT2D eigenvalue weighted by atomic mass is 10.2. The van der Waals surface area contributed by atoms with Gasteiger partial charge in [-0.15, -0.1) is 11.3 Å². The summed E-state index contributed by atoms with van der Waals surface area (Å²) in [5.74, 6) is -0.0254. The largest absolute Gasteiger partial charge is 0.375 e. The highest BCUT2D eigenvalue weighted by Crippen LogP contribution is 2.27. The Hall–Kier alpha value is -1.40. The Kier molecular flexibility index (Phi) is 3.68. The standard InChI is InChI=1S/C12H15N3OS2/c1-7-10(18-12(13)14-7)11(16)15(3)8(2)9-5-4-6-17-9/h4-6,8H,1-3H3,(H2,13,14). The topological polar surface area (TPSA) is 59.2 Å². The van der Waals surface area contributed by atoms with Crippen LogP contribution >= 0.6 is 22.7 Å². The summed E-state index contributed by atoms with van der Waals surface area (Å²) >= 11 is 2.89. The summed E-state index contributed by atoms with van der Waals surface area (Å²) in [6, 6.07) is 4.08. The SMILES string of the molecule is Cc1nc(N)sc1C(=O)N(C)C(C)c1cccs1. The number of nitrogens with zero attached hydrogens (tertiary/aromatic N) is 2. The van der Waals surface area contributed by atoms with E-state index in [0.717, 1.165) is 0 Å². The lowest BCUT2D eigenvalue weighted by molar-refractivity contribution is 0.0749. The van der Waals surface area contributed by atoms with E-state index >= 15 is 0 Å². The number of nitrogen functional groups attached to an aromatic ring is 1. The molecular weight excluding hydrogens is 266 g/mol. The fraction of sp³-hybridized carbons (Fsp3) is 0.333. The van der Waals surface area contributed by atoms with E-state index < -0.39 is 0 Å². The maximum atomic E-state index is 12.4. The van der Waals surface area contributed by atoms with Crippen LogP contribution in [0.25, 0.3) is 0 Å². The van der Waals surface area contributed by atoms with Gasteiger partial charge in [0.15, 0.2) is 5.13 Å². The van der Waals surface area contributed by atoms with Gasteiger partial charge in [-0.1, -0.05) is 17.4 Å². The summed E-state index contributed by atoms with van der Waals surface area (Å²) in [7, 11) is 1.81. The van der Waals surface area contributed by atoms with Gasteiger partial charge < -0.3 is 10.6 Å². The van der Waals surface area contributed by atoms with E-state index in [4.69, 9.17) is 5.73 Å². The Morgan fingerprint density at radius 2 is 2.28 bits per heavy atom. The zero-order chi connectivity index (χ0) is 13.3. The quantitative estimate of drug-likeness (QED) is 0.941. The van der Waals surface area contributed by atoms with Crippen LogP contribution in [0.1, 0.15) is 33.2 Å². The fourth-order valence-electron chi connectivity index (χ4n) is 1.67. The zero-order valence-corrected chi connectivity index (χ0v) is 12.1. The van der Waals surface area contributed by atoms with Crippen LogP contribution in [0, 0.1) is 6.92 Å². The predicted molar refractivity (Wildman–Crippen MR) is 76.1 cm³/mol. The van der Waals surface area contributed by atoms with Crippen molar-refractivity contribution in [1.82, 2.24) is 9.88 Å². The van der Waals surface area contributed by atoms with Crippen molar-refractivity contribution in [2.45, 2.75) is 19.9 Å². The molecule has 1 amide bonds. The Bertz CT molecular complexity index is 548. The average molecular weight is 281 g/mol. The minimum absolute atomic E-state index is 0.0254. The molecule has 0 fully saturated rings. The molecule has 18 heavy (non-hydrogen) atoms. The van der Waals surface area contributed by atoms with Crippen molar-refractivity contribution >= 4 is 33.7 Å². The second-order valence-electron chi connectivity index (χ2n) is 4.07. The molecule has 0 aromatic carbocycles. The van der Waals surface area contributed by atoms with Crippen molar-refractivity contribution in [2.75, 3.05) is 12.8 Å². The number of thiophene rings is 1. The lowest BCUT2D eigenvalue weighted by Crippen LogP contribution is -2.29. The number of hydrogen-bond acceptors (Lipinski definition) is 5. The molecule has 0 saturated heterocycles. The molecular formula is C12H15N3OS2. The van der Waals surface area contributed by atoms with Crippen LogP contribution in [0.2, 0.25) is 0 Å². The molecule has 6 heteroatoms. The third-order valence-corrected chi connectivity index (χ3v) is 4.88. The van der Waals surface area contributed by atoms with E-state index in [1.165, 1.54) is 16.2 Å². The molecule has 1 unspecified atom stereocenters. The summed E-state index contributed by atoms with van der Waals surface area (Å²) in [4.78, 5) is 20.0. The molecule has 0 aliphatic heterocycles. The number of anilines is 1. The number of amides is 1. The summed E-state index contributed by atoms with van der Waals surface area (Å²) in [6.45, 7) is 3.83. The maximum Gasteiger partial charge on any atom is 0.266 e. The highest BCUT2D eigenvalue weighted by atomic mass is 32.1. The number of rotatable bonds is 3. The minimum Gasteiger partial charge on any atom is -0.375 e. The van der Waals surface area contributed by atoms with Gasteiger partial charge in [0.05, 0.1) is 11.7 Å². The first kappa shape index (κ1) is 13.0. The van der Waals surface area contributed by atoms with Gasteiger partial charge in [-0.2, -0.15) is 0 Å². The number of carbonyl (C=O) groups excluding carboxylic acids is 1. The lowest BCUT2D eigenvalue weighted by Gasteiger charge is -2.23. The molecule has 0 spiro atoms. The first-order valence-electron chi connectivity index (χ1n) is 5.54. The molecule has 0 aliphatic carbocycles. The Labute approximate surface area is 114 Å². The van der Waals surface area contributed by atoms with E-state index in [0.29, 0.717) is 15.7 Å². The number of aryl methyl sites for hydroxylation is 1. The molecule has 0 radical (unpaired) electrons. The molecule has 4 nitrogen and oxygen atoms in total. The number of thiazole rings is 1. The van der Waals surface area contributed by atoms with E-state index in [1.807, 2.05) is 38.4 Å². The van der Waals surface area contributed by atoms with Crippen molar-refractivity contribution in [3.63, 3.8) is 0 Å². The predicted octanol–water partition coefficient (Wildman–Crippen LogP) is 2.93. The number of nitrogens with two attached hydrogens (primary N) is 1. The van der Waals surface area contributed by atoms with Crippen molar-refractivity contribution < 1.29 is 4.79 Å². The fourth-order valence-corrected chi connectivity index (χ4v) is 3.31. The molecule has 0 aliphatic rings. The molecule has 2 heterocycles. The monoisotopic (exact) mass is 281 g/mol. The van der Waals surface area contributed by atoms with Gasteiger partial charge >= 0.3 is 0 Å². The van der Waals surface area contributed by atoms with E-state index in [2.05, 4.69) is 4.98 Å². The van der Waals surface area contributed by atoms with Crippen LogP contribution < -0.4 is 5.73 Å². The highest BCUT2D eigenvalue weighted by molar-refractivity contribution is 7.17. The van der Waals surface area contributed by atoms with Crippen LogP contribution in [-0.4, -0.2) is 22.8 Å². The van der Waals surface area contributed by atoms with Crippen LogP contribution in [0.3, 0.4) is 0 Å². The molecule has 1 atom stereocenters. The molecule has 2 aromatic heterocycles. The van der Waals surface area contributed by atoms with E-state index in [1.54, 1.807) is 16.2 Å². The maximum absolute atomic E-state index is 12.4. The van der Waals surface area contributed by atoms with Gasteiger partial charge in [-0.05, 0) is 25.3 Å². The highest BCUT2D eigenvalue weighted by Gasteiger charge is 2.23. The second-order valence-corrected chi connectivity index (χ2v) is 6.08. The third kappa shape index (κ3) is 2.39. The normalized spacial score (nSPS) is 12.4. The third-order valence-electron chi connectivity index (χ3n) is 2.86. The molecule has 0 bridgehead atoms. The smallest absolute Gasteiger partial charge is 0.266 e. The first-order valence-corrected chi connectivity index (χ1v) is 7.23. The van der Waals surface area contributed by atoms with Crippen molar-refractivity contribution in [1.29, 1.82) is 0 Å². The second kappa shape index (κ2) is 5.07. The van der Waals surface area contributed by atoms with Gasteiger partial charge in [0, 0.05) is 11.9 Å². The number of aromatic nitrogens is 1. The van der Waals surface area contributed by atoms with Crippen LogP contribution in [0.5, 0.6) is 0 Å². The first-order chi connectivity index (χ1) is 8.50. The van der Waals surface area contributed by atoms with Gasteiger partial charge in [0.25, 0.3) is 5.91 Å². The molecule has 0 saturated carbocycles.